The number of nitrogens with two attached hydrogens (primary N) is 1. The van der Waals surface area contributed by atoms with Gasteiger partial charge >= 0.3 is 0 Å². The quantitative estimate of drug-likeness (QED) is 0.905. The van der Waals surface area contributed by atoms with Crippen molar-refractivity contribution in [3.05, 3.63) is 10.6 Å². The Morgan fingerprint density at radius 1 is 1.28 bits per heavy atom. The molecule has 0 aromatic carbocycles. The second-order valence-electron chi connectivity index (χ2n) is 5.49. The average molecular weight is 266 g/mol. The number of hydrogen-bond acceptors (Lipinski definition) is 5. The zero-order chi connectivity index (χ0) is 12.7. The maximum Gasteiger partial charge on any atom is 0.185 e. The van der Waals surface area contributed by atoms with Crippen molar-refractivity contribution in [2.24, 2.45) is 5.73 Å². The molecule has 1 unspecified atom stereocenters. The lowest BCUT2D eigenvalue weighted by molar-refractivity contribution is 0.248. The van der Waals surface area contributed by atoms with E-state index in [9.17, 15) is 0 Å². The normalized spacial score (nSPS) is 23.4. The molecular formula is C13H22N4S. The maximum atomic E-state index is 5.97. The van der Waals surface area contributed by atoms with E-state index in [0.29, 0.717) is 0 Å². The number of piperazine rings is 1. The molecule has 1 saturated carbocycles. The number of anilines is 1. The van der Waals surface area contributed by atoms with Crippen molar-refractivity contribution in [1.82, 2.24) is 9.88 Å². The van der Waals surface area contributed by atoms with Crippen LogP contribution in [0.5, 0.6) is 0 Å². The summed E-state index contributed by atoms with van der Waals surface area (Å²) in [4.78, 5) is 11.0. The first kappa shape index (κ1) is 12.4. The molecule has 1 aromatic heterocycles. The first-order valence-corrected chi connectivity index (χ1v) is 7.68. The van der Waals surface area contributed by atoms with Gasteiger partial charge in [0.2, 0.25) is 0 Å². The van der Waals surface area contributed by atoms with E-state index in [4.69, 9.17) is 5.73 Å². The van der Waals surface area contributed by atoms with Gasteiger partial charge in [0.05, 0.1) is 5.69 Å². The van der Waals surface area contributed by atoms with E-state index in [-0.39, 0.29) is 6.04 Å². The minimum absolute atomic E-state index is 0.101. The van der Waals surface area contributed by atoms with E-state index >= 15 is 0 Å². The lowest BCUT2D eigenvalue weighted by atomic mass is 10.2. The molecule has 3 rings (SSSR count). The molecule has 5 heteroatoms. The fraction of sp³-hybridized carbons (Fsp3) is 0.769. The summed E-state index contributed by atoms with van der Waals surface area (Å²) < 4.78 is 0. The van der Waals surface area contributed by atoms with Crippen molar-refractivity contribution in [2.45, 2.75) is 38.8 Å². The first-order valence-electron chi connectivity index (χ1n) is 6.87. The van der Waals surface area contributed by atoms with Gasteiger partial charge in [0.1, 0.15) is 0 Å². The summed E-state index contributed by atoms with van der Waals surface area (Å²) in [6.45, 7) is 8.71. The third-order valence-corrected chi connectivity index (χ3v) is 5.30. The van der Waals surface area contributed by atoms with Gasteiger partial charge in [0, 0.05) is 43.1 Å². The van der Waals surface area contributed by atoms with Gasteiger partial charge in [-0.05, 0) is 26.7 Å². The fourth-order valence-corrected chi connectivity index (χ4v) is 3.74. The smallest absolute Gasteiger partial charge is 0.185 e. The molecule has 0 bridgehead atoms. The summed E-state index contributed by atoms with van der Waals surface area (Å²) in [5.41, 5.74) is 7.08. The number of rotatable bonds is 3. The first-order chi connectivity index (χ1) is 8.65. The van der Waals surface area contributed by atoms with Gasteiger partial charge < -0.3 is 10.6 Å². The molecule has 1 aromatic rings. The van der Waals surface area contributed by atoms with Crippen LogP contribution >= 0.6 is 11.3 Å². The van der Waals surface area contributed by atoms with E-state index in [1.165, 1.54) is 30.8 Å². The van der Waals surface area contributed by atoms with Crippen LogP contribution in [0.1, 0.15) is 36.4 Å². The molecule has 1 saturated heterocycles. The van der Waals surface area contributed by atoms with E-state index in [1.54, 1.807) is 11.3 Å². The van der Waals surface area contributed by atoms with E-state index in [2.05, 4.69) is 21.7 Å². The molecule has 1 aliphatic heterocycles. The summed E-state index contributed by atoms with van der Waals surface area (Å²) in [7, 11) is 0. The van der Waals surface area contributed by atoms with Crippen LogP contribution in [-0.4, -0.2) is 42.1 Å². The number of hydrogen-bond donors (Lipinski definition) is 1. The van der Waals surface area contributed by atoms with Crippen LogP contribution in [-0.2, 0) is 0 Å². The van der Waals surface area contributed by atoms with Crippen LogP contribution in [0.2, 0.25) is 0 Å². The molecule has 0 spiro atoms. The maximum absolute atomic E-state index is 5.97. The molecule has 1 atom stereocenters. The van der Waals surface area contributed by atoms with E-state index in [0.717, 1.165) is 30.0 Å². The summed E-state index contributed by atoms with van der Waals surface area (Å²) in [6.07, 6.45) is 2.82. The molecule has 2 heterocycles. The topological polar surface area (TPSA) is 45.4 Å². The fourth-order valence-electron chi connectivity index (χ4n) is 2.67. The molecule has 1 aliphatic carbocycles. The molecule has 2 N–H and O–H groups in total. The van der Waals surface area contributed by atoms with E-state index < -0.39 is 0 Å². The van der Waals surface area contributed by atoms with Crippen molar-refractivity contribution in [2.75, 3.05) is 31.1 Å². The predicted octanol–water partition coefficient (Wildman–Crippen LogP) is 1.76. The zero-order valence-corrected chi connectivity index (χ0v) is 12.0. The predicted molar refractivity (Wildman–Crippen MR) is 76.3 cm³/mol. The lowest BCUT2D eigenvalue weighted by Crippen LogP contribution is -2.47. The Kier molecular flexibility index (Phi) is 3.30. The molecule has 4 nitrogen and oxygen atoms in total. The Labute approximate surface area is 113 Å². The van der Waals surface area contributed by atoms with Crippen molar-refractivity contribution < 1.29 is 0 Å². The largest absolute Gasteiger partial charge is 0.346 e. The highest BCUT2D eigenvalue weighted by Crippen LogP contribution is 2.32. The molecule has 2 fully saturated rings. The minimum atomic E-state index is 0.101. The van der Waals surface area contributed by atoms with Crippen molar-refractivity contribution >= 4 is 16.5 Å². The molecule has 0 amide bonds. The monoisotopic (exact) mass is 266 g/mol. The Morgan fingerprint density at radius 3 is 2.44 bits per heavy atom. The second kappa shape index (κ2) is 4.79. The van der Waals surface area contributed by atoms with Crippen molar-refractivity contribution in [3.63, 3.8) is 0 Å². The highest BCUT2D eigenvalue weighted by atomic mass is 32.1. The third kappa shape index (κ3) is 2.39. The van der Waals surface area contributed by atoms with Gasteiger partial charge in [-0.25, -0.2) is 4.98 Å². The molecule has 100 valence electrons. The van der Waals surface area contributed by atoms with Gasteiger partial charge in [0.25, 0.3) is 0 Å². The van der Waals surface area contributed by atoms with Crippen LogP contribution in [0.4, 0.5) is 5.13 Å². The number of aromatic nitrogens is 1. The van der Waals surface area contributed by atoms with Crippen LogP contribution < -0.4 is 10.6 Å². The number of thiazole rings is 1. The van der Waals surface area contributed by atoms with Crippen LogP contribution in [0, 0.1) is 6.92 Å². The highest BCUT2D eigenvalue weighted by Gasteiger charge is 2.31. The Hall–Kier alpha value is -0.650. The number of aryl methyl sites for hydroxylation is 1. The third-order valence-electron chi connectivity index (χ3n) is 3.88. The molecular weight excluding hydrogens is 244 g/mol. The van der Waals surface area contributed by atoms with Gasteiger partial charge in [-0.2, -0.15) is 0 Å². The van der Waals surface area contributed by atoms with Crippen molar-refractivity contribution in [1.29, 1.82) is 0 Å². The summed E-state index contributed by atoms with van der Waals surface area (Å²) in [5.74, 6) is 0. The van der Waals surface area contributed by atoms with Gasteiger partial charge in [-0.15, -0.1) is 11.3 Å². The van der Waals surface area contributed by atoms with Gasteiger partial charge in [0.15, 0.2) is 5.13 Å². The van der Waals surface area contributed by atoms with Crippen molar-refractivity contribution in [3.8, 4) is 0 Å². The second-order valence-corrected chi connectivity index (χ2v) is 6.50. The summed E-state index contributed by atoms with van der Waals surface area (Å²) >= 11 is 1.77. The highest BCUT2D eigenvalue weighted by molar-refractivity contribution is 7.15. The van der Waals surface area contributed by atoms with E-state index in [1.807, 2.05) is 6.92 Å². The summed E-state index contributed by atoms with van der Waals surface area (Å²) in [6, 6.07) is 0.994. The van der Waals surface area contributed by atoms with Gasteiger partial charge in [-0.1, -0.05) is 0 Å². The van der Waals surface area contributed by atoms with Crippen LogP contribution in [0.15, 0.2) is 0 Å². The van der Waals surface area contributed by atoms with Crippen LogP contribution in [0.3, 0.4) is 0 Å². The zero-order valence-electron chi connectivity index (χ0n) is 11.2. The Balaban J connectivity index is 1.66. The summed E-state index contributed by atoms with van der Waals surface area (Å²) in [5, 5.41) is 1.16. The lowest BCUT2D eigenvalue weighted by Gasteiger charge is -2.34. The Morgan fingerprint density at radius 2 is 1.94 bits per heavy atom. The SMILES string of the molecule is Cc1nc(N2CCN(C3CC3)CC2)sc1C(C)N. The molecule has 2 aliphatic rings. The number of nitrogens with zero attached hydrogens (tertiary/aromatic N) is 3. The minimum Gasteiger partial charge on any atom is -0.346 e. The van der Waals surface area contributed by atoms with Gasteiger partial charge in [-0.3, -0.25) is 4.90 Å². The van der Waals surface area contributed by atoms with Crippen LogP contribution in [0.25, 0.3) is 0 Å². The average Bonchev–Trinajstić information content (AvgIpc) is 3.12. The standard InChI is InChI=1S/C13H22N4S/c1-9(14)12-10(2)15-13(18-12)17-7-5-16(6-8-17)11-3-4-11/h9,11H,3-8,14H2,1-2H3. The Bertz CT molecular complexity index is 417. The molecule has 18 heavy (non-hydrogen) atoms. The molecule has 0 radical (unpaired) electrons.